The fraction of sp³-hybridized carbons (Fsp3) is 0.667. The Morgan fingerprint density at radius 3 is 2.71 bits per heavy atom. The van der Waals surface area contributed by atoms with E-state index < -0.39 is 0 Å². The zero-order valence-electron chi connectivity index (χ0n) is 10.1. The second-order valence-electron chi connectivity index (χ2n) is 4.33. The van der Waals surface area contributed by atoms with E-state index in [0.29, 0.717) is 6.04 Å². The van der Waals surface area contributed by atoms with Gasteiger partial charge in [-0.25, -0.2) is 0 Å². The quantitative estimate of drug-likeness (QED) is 0.915. The fourth-order valence-electron chi connectivity index (χ4n) is 2.22. The molecule has 2 rings (SSSR count). The minimum absolute atomic E-state index is 0.239. The molecule has 0 aromatic carbocycles. The minimum Gasteiger partial charge on any atom is -0.326 e. The first kappa shape index (κ1) is 13.9. The molecule has 1 aliphatic rings. The molecule has 2 nitrogen and oxygen atoms in total. The molecule has 2 heterocycles. The number of nitrogens with zero attached hydrogens (tertiary/aromatic N) is 1. The van der Waals surface area contributed by atoms with E-state index in [1.807, 2.05) is 23.1 Å². The second kappa shape index (κ2) is 6.57. The molecule has 1 aromatic heterocycles. The molecule has 0 saturated carbocycles. The Bertz CT molecular complexity index is 350. The molecule has 0 amide bonds. The molecule has 96 valence electrons. The van der Waals surface area contributed by atoms with Crippen molar-refractivity contribution in [2.75, 3.05) is 24.6 Å². The average Bonchev–Trinajstić information content (AvgIpc) is 2.77. The Morgan fingerprint density at radius 2 is 2.18 bits per heavy atom. The van der Waals surface area contributed by atoms with Crippen molar-refractivity contribution in [1.82, 2.24) is 4.90 Å². The number of thioether (sulfide) groups is 1. The van der Waals surface area contributed by atoms with Crippen molar-refractivity contribution in [3.8, 4) is 0 Å². The first-order valence-electron chi connectivity index (χ1n) is 6.03. The maximum absolute atomic E-state index is 6.33. The number of rotatable bonds is 4. The molecule has 0 aliphatic carbocycles. The van der Waals surface area contributed by atoms with E-state index in [4.69, 9.17) is 5.73 Å². The predicted octanol–water partition coefficient (Wildman–Crippen LogP) is 3.34. The Morgan fingerprint density at radius 1 is 1.47 bits per heavy atom. The van der Waals surface area contributed by atoms with Crippen LogP contribution in [0.2, 0.25) is 0 Å². The van der Waals surface area contributed by atoms with Gasteiger partial charge in [0.25, 0.3) is 0 Å². The van der Waals surface area contributed by atoms with Crippen LogP contribution in [0.15, 0.2) is 15.9 Å². The van der Waals surface area contributed by atoms with Crippen LogP contribution in [0.5, 0.6) is 0 Å². The number of nitrogens with two attached hydrogens (primary N) is 1. The van der Waals surface area contributed by atoms with Crippen molar-refractivity contribution >= 4 is 39.0 Å². The van der Waals surface area contributed by atoms with E-state index in [2.05, 4.69) is 39.2 Å². The second-order valence-corrected chi connectivity index (χ2v) is 7.42. The van der Waals surface area contributed by atoms with E-state index >= 15 is 0 Å². The van der Waals surface area contributed by atoms with Crippen LogP contribution in [0, 0.1) is 0 Å². The summed E-state index contributed by atoms with van der Waals surface area (Å²) < 4.78 is 1.18. The third-order valence-corrected chi connectivity index (χ3v) is 5.90. The van der Waals surface area contributed by atoms with Gasteiger partial charge in [0, 0.05) is 45.4 Å². The summed E-state index contributed by atoms with van der Waals surface area (Å²) in [4.78, 5) is 3.96. The Labute approximate surface area is 120 Å². The molecule has 1 saturated heterocycles. The van der Waals surface area contributed by atoms with Crippen molar-refractivity contribution in [2.24, 2.45) is 5.73 Å². The molecular formula is C12H19BrN2S2. The van der Waals surface area contributed by atoms with Crippen LogP contribution in [-0.4, -0.2) is 35.5 Å². The summed E-state index contributed by atoms with van der Waals surface area (Å²) in [5, 5.41) is 2.16. The van der Waals surface area contributed by atoms with E-state index in [0.717, 1.165) is 6.42 Å². The molecule has 2 unspecified atom stereocenters. The van der Waals surface area contributed by atoms with Gasteiger partial charge in [-0.2, -0.15) is 11.8 Å². The zero-order valence-corrected chi connectivity index (χ0v) is 13.3. The van der Waals surface area contributed by atoms with Gasteiger partial charge in [-0.3, -0.25) is 4.90 Å². The first-order valence-corrected chi connectivity index (χ1v) is 8.86. The number of halogens is 1. The van der Waals surface area contributed by atoms with Crippen molar-refractivity contribution < 1.29 is 0 Å². The molecule has 1 aromatic rings. The highest BCUT2D eigenvalue weighted by atomic mass is 79.9. The standard InChI is InChI=1S/C12H19BrN2S2/c1-2-10(14)12(11-7-9(13)8-17-11)15-3-5-16-6-4-15/h7-8,10,12H,2-6,14H2,1H3. The van der Waals surface area contributed by atoms with E-state index in [1.54, 1.807) is 0 Å². The summed E-state index contributed by atoms with van der Waals surface area (Å²) in [6, 6.07) is 2.87. The van der Waals surface area contributed by atoms with Gasteiger partial charge in [-0.1, -0.05) is 6.92 Å². The van der Waals surface area contributed by atoms with Crippen LogP contribution >= 0.6 is 39.0 Å². The first-order chi connectivity index (χ1) is 8.22. The molecule has 1 aliphatic heterocycles. The Hall–Kier alpha value is 0.450. The summed E-state index contributed by atoms with van der Waals surface area (Å²) in [6.45, 7) is 4.51. The van der Waals surface area contributed by atoms with Gasteiger partial charge < -0.3 is 5.73 Å². The monoisotopic (exact) mass is 334 g/mol. The van der Waals surface area contributed by atoms with E-state index in [-0.39, 0.29) is 6.04 Å². The van der Waals surface area contributed by atoms with Crippen LogP contribution in [0.1, 0.15) is 24.3 Å². The van der Waals surface area contributed by atoms with E-state index in [9.17, 15) is 0 Å². The molecule has 17 heavy (non-hydrogen) atoms. The van der Waals surface area contributed by atoms with Gasteiger partial charge >= 0.3 is 0 Å². The predicted molar refractivity (Wildman–Crippen MR) is 81.9 cm³/mol. The largest absolute Gasteiger partial charge is 0.326 e. The Balaban J connectivity index is 2.17. The highest BCUT2D eigenvalue weighted by Crippen LogP contribution is 2.33. The van der Waals surface area contributed by atoms with Gasteiger partial charge in [0.05, 0.1) is 6.04 Å². The lowest BCUT2D eigenvalue weighted by atomic mass is 10.0. The highest BCUT2D eigenvalue weighted by Gasteiger charge is 2.28. The smallest absolute Gasteiger partial charge is 0.0594 e. The third-order valence-electron chi connectivity index (χ3n) is 3.20. The fourth-order valence-corrected chi connectivity index (χ4v) is 4.81. The average molecular weight is 335 g/mol. The van der Waals surface area contributed by atoms with Crippen molar-refractivity contribution in [2.45, 2.75) is 25.4 Å². The minimum atomic E-state index is 0.239. The van der Waals surface area contributed by atoms with Gasteiger partial charge in [0.1, 0.15) is 0 Å². The van der Waals surface area contributed by atoms with Gasteiger partial charge in [0.15, 0.2) is 0 Å². The van der Waals surface area contributed by atoms with Gasteiger partial charge in [-0.05, 0) is 28.4 Å². The molecule has 2 atom stereocenters. The number of hydrogen-bond acceptors (Lipinski definition) is 4. The van der Waals surface area contributed by atoms with Gasteiger partial charge in [0.2, 0.25) is 0 Å². The van der Waals surface area contributed by atoms with Crippen LogP contribution in [0.3, 0.4) is 0 Å². The summed E-state index contributed by atoms with van der Waals surface area (Å²) in [5.74, 6) is 2.47. The SMILES string of the molecule is CCC(N)C(c1cc(Br)cs1)N1CCSCC1. The van der Waals surface area contributed by atoms with Crippen LogP contribution in [0.25, 0.3) is 0 Å². The van der Waals surface area contributed by atoms with Crippen LogP contribution < -0.4 is 5.73 Å². The summed E-state index contributed by atoms with van der Waals surface area (Å²) in [7, 11) is 0. The summed E-state index contributed by atoms with van der Waals surface area (Å²) >= 11 is 7.41. The van der Waals surface area contributed by atoms with E-state index in [1.165, 1.54) is 33.9 Å². The molecule has 2 N–H and O–H groups in total. The lowest BCUT2D eigenvalue weighted by Crippen LogP contribution is -2.44. The maximum atomic E-state index is 6.33. The summed E-state index contributed by atoms with van der Waals surface area (Å²) in [6.07, 6.45) is 1.03. The molecule has 0 bridgehead atoms. The number of hydrogen-bond donors (Lipinski definition) is 1. The molecule has 0 spiro atoms. The molecule has 0 radical (unpaired) electrons. The maximum Gasteiger partial charge on any atom is 0.0594 e. The number of thiophene rings is 1. The van der Waals surface area contributed by atoms with Crippen molar-refractivity contribution in [1.29, 1.82) is 0 Å². The zero-order chi connectivity index (χ0) is 12.3. The van der Waals surface area contributed by atoms with Crippen LogP contribution in [-0.2, 0) is 0 Å². The van der Waals surface area contributed by atoms with Crippen molar-refractivity contribution in [3.05, 3.63) is 20.8 Å². The summed E-state index contributed by atoms with van der Waals surface area (Å²) in [5.41, 5.74) is 6.33. The normalized spacial score (nSPS) is 21.4. The van der Waals surface area contributed by atoms with Gasteiger partial charge in [-0.15, -0.1) is 11.3 Å². The third kappa shape index (κ3) is 3.47. The molecule has 1 fully saturated rings. The van der Waals surface area contributed by atoms with Crippen molar-refractivity contribution in [3.63, 3.8) is 0 Å². The lowest BCUT2D eigenvalue weighted by molar-refractivity contribution is 0.189. The lowest BCUT2D eigenvalue weighted by Gasteiger charge is -2.36. The Kier molecular flexibility index (Phi) is 5.36. The topological polar surface area (TPSA) is 29.3 Å². The van der Waals surface area contributed by atoms with Crippen LogP contribution in [0.4, 0.5) is 0 Å². The molecule has 5 heteroatoms. The molecular weight excluding hydrogens is 316 g/mol. The highest BCUT2D eigenvalue weighted by molar-refractivity contribution is 9.10.